The Morgan fingerprint density at radius 1 is 1.45 bits per heavy atom. The van der Waals surface area contributed by atoms with Crippen LogP contribution in [0.2, 0.25) is 0 Å². The molecular weight excluding hydrogens is 262 g/mol. The molecule has 0 atom stereocenters. The minimum absolute atomic E-state index is 0.0692. The molecule has 0 fully saturated rings. The molecule has 0 aliphatic heterocycles. The molecular formula is C12H13N5O3. The number of hydrogen-bond acceptors (Lipinski definition) is 4. The largest absolute Gasteiger partial charge is 0.348 e. The number of aromatic nitrogens is 2. The topological polar surface area (TPSA) is 113 Å². The summed E-state index contributed by atoms with van der Waals surface area (Å²) in [6.07, 6.45) is 3.88. The Balaban J connectivity index is 1.82. The van der Waals surface area contributed by atoms with E-state index in [-0.39, 0.29) is 5.69 Å². The Bertz CT molecular complexity index is 597. The van der Waals surface area contributed by atoms with E-state index in [0.29, 0.717) is 18.7 Å². The first-order valence-corrected chi connectivity index (χ1v) is 5.92. The summed E-state index contributed by atoms with van der Waals surface area (Å²) in [5, 5.41) is 15.8. The second-order valence-corrected chi connectivity index (χ2v) is 4.02. The fraction of sp³-hybridized carbons (Fsp3) is 0.167. The SMILES string of the molecule is O=C(NCCc1cnc[nH]1)Nc1cccc([N+](=O)[O-])c1. The van der Waals surface area contributed by atoms with Crippen molar-refractivity contribution in [2.45, 2.75) is 6.42 Å². The lowest BCUT2D eigenvalue weighted by atomic mass is 10.3. The molecule has 0 saturated heterocycles. The number of rotatable bonds is 5. The molecule has 0 aliphatic carbocycles. The van der Waals surface area contributed by atoms with Crippen molar-refractivity contribution in [1.29, 1.82) is 0 Å². The summed E-state index contributed by atoms with van der Waals surface area (Å²) in [6, 6.07) is 5.35. The van der Waals surface area contributed by atoms with Gasteiger partial charge in [-0.25, -0.2) is 9.78 Å². The predicted octanol–water partition coefficient (Wildman–Crippen LogP) is 1.68. The zero-order chi connectivity index (χ0) is 14.4. The van der Waals surface area contributed by atoms with Crippen molar-refractivity contribution in [2.75, 3.05) is 11.9 Å². The molecule has 1 aromatic carbocycles. The Morgan fingerprint density at radius 2 is 2.30 bits per heavy atom. The van der Waals surface area contributed by atoms with E-state index in [4.69, 9.17) is 0 Å². The summed E-state index contributed by atoms with van der Waals surface area (Å²) in [5.74, 6) is 0. The fourth-order valence-corrected chi connectivity index (χ4v) is 1.60. The van der Waals surface area contributed by atoms with Gasteiger partial charge in [-0.05, 0) is 6.07 Å². The Labute approximate surface area is 114 Å². The molecule has 104 valence electrons. The minimum Gasteiger partial charge on any atom is -0.348 e. The van der Waals surface area contributed by atoms with Crippen molar-refractivity contribution in [2.24, 2.45) is 0 Å². The average Bonchev–Trinajstić information content (AvgIpc) is 2.92. The molecule has 0 unspecified atom stereocenters. The lowest BCUT2D eigenvalue weighted by Gasteiger charge is -2.06. The molecule has 8 nitrogen and oxygen atoms in total. The van der Waals surface area contributed by atoms with Gasteiger partial charge < -0.3 is 15.6 Å². The summed E-state index contributed by atoms with van der Waals surface area (Å²) in [4.78, 5) is 28.5. The van der Waals surface area contributed by atoms with Crippen molar-refractivity contribution in [3.05, 3.63) is 52.6 Å². The smallest absolute Gasteiger partial charge is 0.319 e. The van der Waals surface area contributed by atoms with Gasteiger partial charge in [0.05, 0.1) is 11.3 Å². The van der Waals surface area contributed by atoms with Crippen molar-refractivity contribution >= 4 is 17.4 Å². The van der Waals surface area contributed by atoms with E-state index in [9.17, 15) is 14.9 Å². The number of anilines is 1. The molecule has 0 spiro atoms. The van der Waals surface area contributed by atoms with Gasteiger partial charge in [-0.1, -0.05) is 6.07 Å². The maximum Gasteiger partial charge on any atom is 0.319 e. The first-order valence-electron chi connectivity index (χ1n) is 5.92. The van der Waals surface area contributed by atoms with Crippen LogP contribution in [0.3, 0.4) is 0 Å². The van der Waals surface area contributed by atoms with Gasteiger partial charge >= 0.3 is 6.03 Å². The van der Waals surface area contributed by atoms with Gasteiger partial charge in [-0.2, -0.15) is 0 Å². The zero-order valence-corrected chi connectivity index (χ0v) is 10.5. The molecule has 0 bridgehead atoms. The number of nitrogens with one attached hydrogen (secondary N) is 3. The monoisotopic (exact) mass is 275 g/mol. The van der Waals surface area contributed by atoms with Gasteiger partial charge in [-0.15, -0.1) is 0 Å². The molecule has 1 heterocycles. The van der Waals surface area contributed by atoms with Crippen molar-refractivity contribution < 1.29 is 9.72 Å². The number of aromatic amines is 1. The van der Waals surface area contributed by atoms with Crippen molar-refractivity contribution in [3.8, 4) is 0 Å². The number of amides is 2. The Hall–Kier alpha value is -2.90. The number of H-pyrrole nitrogens is 1. The average molecular weight is 275 g/mol. The third-order valence-electron chi connectivity index (χ3n) is 2.55. The summed E-state index contributed by atoms with van der Waals surface area (Å²) in [5.41, 5.74) is 1.22. The molecule has 1 aromatic heterocycles. The number of nitro benzene ring substituents is 1. The summed E-state index contributed by atoms with van der Waals surface area (Å²) < 4.78 is 0. The van der Waals surface area contributed by atoms with E-state index in [1.54, 1.807) is 18.6 Å². The van der Waals surface area contributed by atoms with Crippen LogP contribution >= 0.6 is 0 Å². The lowest BCUT2D eigenvalue weighted by Crippen LogP contribution is -2.30. The van der Waals surface area contributed by atoms with Crippen LogP contribution in [-0.4, -0.2) is 27.5 Å². The highest BCUT2D eigenvalue weighted by Gasteiger charge is 2.07. The summed E-state index contributed by atoms with van der Waals surface area (Å²) in [6.45, 7) is 0.433. The summed E-state index contributed by atoms with van der Waals surface area (Å²) in [7, 11) is 0. The van der Waals surface area contributed by atoms with Crippen LogP contribution in [0.4, 0.5) is 16.2 Å². The summed E-state index contributed by atoms with van der Waals surface area (Å²) >= 11 is 0. The number of imidazole rings is 1. The van der Waals surface area contributed by atoms with Gasteiger partial charge in [-0.3, -0.25) is 10.1 Å². The number of benzene rings is 1. The van der Waals surface area contributed by atoms with Crippen LogP contribution < -0.4 is 10.6 Å². The Kier molecular flexibility index (Phi) is 4.28. The number of carbonyl (C=O) groups excluding carboxylic acids is 1. The highest BCUT2D eigenvalue weighted by Crippen LogP contribution is 2.16. The first-order chi connectivity index (χ1) is 9.65. The fourth-order valence-electron chi connectivity index (χ4n) is 1.60. The van der Waals surface area contributed by atoms with Crippen LogP contribution in [0.1, 0.15) is 5.69 Å². The normalized spacial score (nSPS) is 10.0. The number of carbonyl (C=O) groups is 1. The maximum atomic E-state index is 11.6. The maximum absolute atomic E-state index is 11.6. The number of nitrogens with zero attached hydrogens (tertiary/aromatic N) is 2. The van der Waals surface area contributed by atoms with Crippen LogP contribution in [0, 0.1) is 10.1 Å². The number of non-ortho nitro benzene ring substituents is 1. The second-order valence-electron chi connectivity index (χ2n) is 4.02. The first kappa shape index (κ1) is 13.5. The van der Waals surface area contributed by atoms with Gasteiger partial charge in [0.25, 0.3) is 5.69 Å². The molecule has 0 aliphatic rings. The standard InChI is InChI=1S/C12H13N5O3/c18-12(14-5-4-10-7-13-8-15-10)16-9-2-1-3-11(6-9)17(19)20/h1-3,6-8H,4-5H2,(H,13,15)(H2,14,16,18). The van der Waals surface area contributed by atoms with Crippen LogP contribution in [-0.2, 0) is 6.42 Å². The van der Waals surface area contributed by atoms with Gasteiger partial charge in [0.2, 0.25) is 0 Å². The quantitative estimate of drug-likeness (QED) is 0.569. The number of hydrogen-bond donors (Lipinski definition) is 3. The molecule has 2 amide bonds. The molecule has 3 N–H and O–H groups in total. The zero-order valence-electron chi connectivity index (χ0n) is 10.5. The van der Waals surface area contributed by atoms with Crippen molar-refractivity contribution in [3.63, 3.8) is 0 Å². The molecule has 20 heavy (non-hydrogen) atoms. The lowest BCUT2D eigenvalue weighted by molar-refractivity contribution is -0.384. The van der Waals surface area contributed by atoms with Crippen molar-refractivity contribution in [1.82, 2.24) is 15.3 Å². The van der Waals surface area contributed by atoms with Crippen LogP contribution in [0.5, 0.6) is 0 Å². The molecule has 2 rings (SSSR count). The van der Waals surface area contributed by atoms with Gasteiger partial charge in [0.1, 0.15) is 0 Å². The third kappa shape index (κ3) is 3.80. The van der Waals surface area contributed by atoms with Crippen LogP contribution in [0.15, 0.2) is 36.8 Å². The van der Waals surface area contributed by atoms with E-state index >= 15 is 0 Å². The highest BCUT2D eigenvalue weighted by molar-refractivity contribution is 5.89. The van der Waals surface area contributed by atoms with E-state index < -0.39 is 11.0 Å². The molecule has 8 heteroatoms. The second kappa shape index (κ2) is 6.32. The third-order valence-corrected chi connectivity index (χ3v) is 2.55. The van der Waals surface area contributed by atoms with E-state index in [1.807, 2.05) is 0 Å². The van der Waals surface area contributed by atoms with Gasteiger partial charge in [0, 0.05) is 42.7 Å². The molecule has 2 aromatic rings. The minimum atomic E-state index is -0.513. The van der Waals surface area contributed by atoms with E-state index in [2.05, 4.69) is 20.6 Å². The van der Waals surface area contributed by atoms with Crippen LogP contribution in [0.25, 0.3) is 0 Å². The van der Waals surface area contributed by atoms with Gasteiger partial charge in [0.15, 0.2) is 0 Å². The Morgan fingerprint density at radius 3 is 3.00 bits per heavy atom. The molecule has 0 saturated carbocycles. The highest BCUT2D eigenvalue weighted by atomic mass is 16.6. The number of nitro groups is 1. The number of urea groups is 1. The molecule has 0 radical (unpaired) electrons. The van der Waals surface area contributed by atoms with E-state index in [1.165, 1.54) is 18.2 Å². The van der Waals surface area contributed by atoms with E-state index in [0.717, 1.165) is 5.69 Å². The predicted molar refractivity (Wildman–Crippen MR) is 72.4 cm³/mol.